The van der Waals surface area contributed by atoms with Crippen molar-refractivity contribution in [2.45, 2.75) is 44.6 Å². The molecule has 1 aromatic carbocycles. The maximum Gasteiger partial charge on any atom is 0.340 e. The minimum atomic E-state index is -0.864. The fraction of sp³-hybridized carbons (Fsp3) is 0.412. The van der Waals surface area contributed by atoms with Crippen LogP contribution in [0.15, 0.2) is 16.5 Å². The Morgan fingerprint density at radius 2 is 2.17 bits per heavy atom. The number of benzene rings is 1. The van der Waals surface area contributed by atoms with Crippen LogP contribution >= 0.6 is 12.1 Å². The zero-order valence-electron chi connectivity index (χ0n) is 13.8. The van der Waals surface area contributed by atoms with Crippen LogP contribution in [-0.2, 0) is 22.6 Å². The molecule has 0 radical (unpaired) electrons. The topological polar surface area (TPSA) is 72.8 Å². The largest absolute Gasteiger partial charge is 0.496 e. The normalized spacial score (nSPS) is 13.7. The van der Waals surface area contributed by atoms with Crippen molar-refractivity contribution in [1.29, 1.82) is 0 Å². The minimum absolute atomic E-state index is 0.00849. The van der Waals surface area contributed by atoms with Gasteiger partial charge in [-0.15, -0.1) is 0 Å². The molecule has 130 valence electrons. The second-order valence-corrected chi connectivity index (χ2v) is 6.18. The van der Waals surface area contributed by atoms with E-state index in [0.717, 1.165) is 11.1 Å². The summed E-state index contributed by atoms with van der Waals surface area (Å²) in [4.78, 5) is 22.8. The number of hydrogen-bond acceptors (Lipinski definition) is 5. The second-order valence-electron chi connectivity index (χ2n) is 5.62. The third-order valence-electron chi connectivity index (χ3n) is 4.09. The van der Waals surface area contributed by atoms with E-state index >= 15 is 0 Å². The third kappa shape index (κ3) is 3.56. The first-order chi connectivity index (χ1) is 11.4. The summed E-state index contributed by atoms with van der Waals surface area (Å²) in [6.45, 7) is 3.76. The van der Waals surface area contributed by atoms with Gasteiger partial charge in [0.25, 0.3) is 0 Å². The lowest BCUT2D eigenvalue weighted by atomic mass is 9.96. The summed E-state index contributed by atoms with van der Waals surface area (Å²) in [6, 6.07) is 0. The molecular weight excluding hydrogens is 335 g/mol. The number of cyclic esters (lactones) is 1. The number of aliphatic carboxylic acids is 1. The smallest absolute Gasteiger partial charge is 0.340 e. The van der Waals surface area contributed by atoms with E-state index < -0.39 is 11.9 Å². The fourth-order valence-electron chi connectivity index (χ4n) is 2.78. The van der Waals surface area contributed by atoms with E-state index in [-0.39, 0.29) is 35.6 Å². The van der Waals surface area contributed by atoms with Crippen LogP contribution in [0.2, 0.25) is 0 Å². The van der Waals surface area contributed by atoms with E-state index in [0.29, 0.717) is 29.7 Å². The molecule has 0 bridgehead atoms. The summed E-state index contributed by atoms with van der Waals surface area (Å²) in [5, 5.41) is 8.73. The quantitative estimate of drug-likeness (QED) is 0.589. The van der Waals surface area contributed by atoms with Crippen LogP contribution in [0.4, 0.5) is 3.89 Å². The average molecular weight is 354 g/mol. The molecule has 1 aliphatic rings. The van der Waals surface area contributed by atoms with Gasteiger partial charge in [0, 0.05) is 17.5 Å². The second kappa shape index (κ2) is 7.70. The molecule has 5 nitrogen and oxygen atoms in total. The Bertz CT molecular complexity index is 712. The molecule has 1 N–H and O–H groups in total. The van der Waals surface area contributed by atoms with Gasteiger partial charge in [-0.2, -0.15) is 3.89 Å². The van der Waals surface area contributed by atoms with Crippen molar-refractivity contribution in [3.8, 4) is 5.75 Å². The van der Waals surface area contributed by atoms with E-state index in [1.807, 2.05) is 19.9 Å². The molecule has 0 spiro atoms. The van der Waals surface area contributed by atoms with E-state index in [2.05, 4.69) is 0 Å². The summed E-state index contributed by atoms with van der Waals surface area (Å²) < 4.78 is 24.1. The van der Waals surface area contributed by atoms with Gasteiger partial charge in [0.1, 0.15) is 12.4 Å². The summed E-state index contributed by atoms with van der Waals surface area (Å²) in [7, 11) is 1.50. The summed E-state index contributed by atoms with van der Waals surface area (Å²) in [5.41, 5.74) is 3.16. The number of hydrogen-bond donors (Lipinski definition) is 1. The van der Waals surface area contributed by atoms with Crippen molar-refractivity contribution in [1.82, 2.24) is 0 Å². The number of fused-ring (bicyclic) bond motifs is 1. The molecule has 7 heteroatoms. The number of esters is 1. The summed E-state index contributed by atoms with van der Waals surface area (Å²) in [5.74, 6) is -0.852. The van der Waals surface area contributed by atoms with E-state index in [1.54, 1.807) is 0 Å². The molecule has 24 heavy (non-hydrogen) atoms. The Hall–Kier alpha value is -2.02. The Morgan fingerprint density at radius 3 is 2.75 bits per heavy atom. The summed E-state index contributed by atoms with van der Waals surface area (Å²) in [6.07, 6.45) is 2.65. The van der Waals surface area contributed by atoms with Gasteiger partial charge in [0.05, 0.1) is 29.7 Å². The average Bonchev–Trinajstić information content (AvgIpc) is 2.93. The van der Waals surface area contributed by atoms with Gasteiger partial charge in [0.2, 0.25) is 0 Å². The molecule has 0 saturated carbocycles. The number of ether oxygens (including phenoxy) is 2. The highest BCUT2D eigenvalue weighted by Gasteiger charge is 2.32. The van der Waals surface area contributed by atoms with E-state index in [9.17, 15) is 13.5 Å². The molecular formula is C17H19FO5S. The molecule has 0 aliphatic carbocycles. The zero-order chi connectivity index (χ0) is 17.9. The van der Waals surface area contributed by atoms with E-state index in [1.165, 1.54) is 7.11 Å². The molecule has 1 heterocycles. The number of allylic oxidation sites excluding steroid dienone is 2. The maximum atomic E-state index is 13.6. The number of carboxylic acid groups (broad SMARTS) is 1. The van der Waals surface area contributed by atoms with Gasteiger partial charge in [-0.3, -0.25) is 4.79 Å². The first-order valence-electron chi connectivity index (χ1n) is 7.46. The first-order valence-corrected chi connectivity index (χ1v) is 8.17. The van der Waals surface area contributed by atoms with Crippen LogP contribution in [-0.4, -0.2) is 24.2 Å². The van der Waals surface area contributed by atoms with Crippen molar-refractivity contribution in [2.24, 2.45) is 0 Å². The molecule has 2 rings (SSSR count). The van der Waals surface area contributed by atoms with Crippen molar-refractivity contribution in [2.75, 3.05) is 7.11 Å². The first kappa shape index (κ1) is 18.3. The van der Waals surface area contributed by atoms with Crippen LogP contribution in [0.5, 0.6) is 5.75 Å². The van der Waals surface area contributed by atoms with Gasteiger partial charge in [-0.1, -0.05) is 11.6 Å². The number of methoxy groups -OCH3 is 1. The fourth-order valence-corrected chi connectivity index (χ4v) is 3.33. The molecule has 0 atom stereocenters. The Labute approximate surface area is 144 Å². The standard InChI is InChI=1S/C17H19FO5S/c1-9(5-7-13(19)20)4-6-11-15(22-3)10(2)12-8-23-17(21)14(12)16(11)24-18/h4H,5-8H2,1-3H3,(H,19,20)/b9-4+. The molecule has 0 aromatic heterocycles. The maximum absolute atomic E-state index is 13.6. The lowest BCUT2D eigenvalue weighted by molar-refractivity contribution is -0.136. The van der Waals surface area contributed by atoms with Crippen LogP contribution in [0.3, 0.4) is 0 Å². The minimum Gasteiger partial charge on any atom is -0.496 e. The van der Waals surface area contributed by atoms with Gasteiger partial charge < -0.3 is 14.6 Å². The third-order valence-corrected chi connectivity index (χ3v) is 4.70. The Kier molecular flexibility index (Phi) is 5.88. The van der Waals surface area contributed by atoms with Crippen LogP contribution in [0.25, 0.3) is 0 Å². The Morgan fingerprint density at radius 1 is 1.46 bits per heavy atom. The van der Waals surface area contributed by atoms with Gasteiger partial charge in [-0.25, -0.2) is 4.79 Å². The van der Waals surface area contributed by atoms with Crippen LogP contribution in [0, 0.1) is 6.92 Å². The lowest BCUT2D eigenvalue weighted by Crippen LogP contribution is -2.05. The monoisotopic (exact) mass is 354 g/mol. The molecule has 0 saturated heterocycles. The van der Waals surface area contributed by atoms with Crippen molar-refractivity contribution < 1.29 is 28.1 Å². The van der Waals surface area contributed by atoms with Crippen molar-refractivity contribution in [3.05, 3.63) is 33.9 Å². The SMILES string of the molecule is COc1c(C)c2c(c(SF)c1C/C=C(\C)CCC(=O)O)C(=O)OC2. The van der Waals surface area contributed by atoms with Crippen LogP contribution < -0.4 is 4.74 Å². The van der Waals surface area contributed by atoms with E-state index in [4.69, 9.17) is 14.6 Å². The molecule has 1 aliphatic heterocycles. The number of rotatable bonds is 7. The predicted octanol–water partition coefficient (Wildman–Crippen LogP) is 4.00. The predicted molar refractivity (Wildman–Crippen MR) is 88.1 cm³/mol. The summed E-state index contributed by atoms with van der Waals surface area (Å²) >= 11 is 0.00849. The van der Waals surface area contributed by atoms with Gasteiger partial charge >= 0.3 is 11.9 Å². The highest BCUT2D eigenvalue weighted by atomic mass is 32.2. The number of carbonyl (C=O) groups excluding carboxylic acids is 1. The highest BCUT2D eigenvalue weighted by molar-refractivity contribution is 7.94. The lowest BCUT2D eigenvalue weighted by Gasteiger charge is -2.16. The molecule has 0 fully saturated rings. The molecule has 0 unspecified atom stereocenters. The number of halogens is 1. The zero-order valence-corrected chi connectivity index (χ0v) is 14.6. The number of carboxylic acids is 1. The van der Waals surface area contributed by atoms with Crippen molar-refractivity contribution in [3.63, 3.8) is 0 Å². The molecule has 0 amide bonds. The Balaban J connectivity index is 2.43. The van der Waals surface area contributed by atoms with Gasteiger partial charge in [-0.05, 0) is 32.3 Å². The van der Waals surface area contributed by atoms with Gasteiger partial charge in [0.15, 0.2) is 0 Å². The van der Waals surface area contributed by atoms with Crippen LogP contribution in [0.1, 0.15) is 46.8 Å². The van der Waals surface area contributed by atoms with Crippen molar-refractivity contribution >= 4 is 24.1 Å². The molecule has 1 aromatic rings. The number of carbonyl (C=O) groups is 2. The highest BCUT2D eigenvalue weighted by Crippen LogP contribution is 2.43.